The van der Waals surface area contributed by atoms with Crippen LogP contribution in [0.15, 0.2) is 53.9 Å². The van der Waals surface area contributed by atoms with Crippen LogP contribution in [0.25, 0.3) is 11.3 Å². The summed E-state index contributed by atoms with van der Waals surface area (Å²) in [4.78, 5) is 19.3. The first kappa shape index (κ1) is 21.8. The molecule has 0 aliphatic heterocycles. The summed E-state index contributed by atoms with van der Waals surface area (Å²) in [6.45, 7) is 3.04. The average molecular weight is 427 g/mol. The average Bonchev–Trinajstić information content (AvgIpc) is 3.26. The third-order valence-electron chi connectivity index (χ3n) is 4.52. The summed E-state index contributed by atoms with van der Waals surface area (Å²) in [7, 11) is 3.29. The number of nitrogens with zero attached hydrogens (tertiary/aromatic N) is 2. The fourth-order valence-electron chi connectivity index (χ4n) is 2.83. The van der Waals surface area contributed by atoms with E-state index in [-0.39, 0.29) is 12.5 Å². The first-order valence-electron chi connectivity index (χ1n) is 9.69. The Morgan fingerprint density at radius 3 is 2.40 bits per heavy atom. The van der Waals surface area contributed by atoms with Crippen LogP contribution in [-0.4, -0.2) is 44.9 Å². The van der Waals surface area contributed by atoms with Crippen molar-refractivity contribution in [2.45, 2.75) is 13.3 Å². The number of thiazole rings is 1. The van der Waals surface area contributed by atoms with Crippen LogP contribution in [0.4, 0.5) is 5.13 Å². The van der Waals surface area contributed by atoms with Crippen molar-refractivity contribution in [3.8, 4) is 22.8 Å². The van der Waals surface area contributed by atoms with Crippen molar-refractivity contribution in [2.24, 2.45) is 0 Å². The minimum absolute atomic E-state index is 0.0481. The molecular formula is C23H26N2O4S. The number of aryl methyl sites for hydroxylation is 1. The van der Waals surface area contributed by atoms with Gasteiger partial charge in [0, 0.05) is 31.2 Å². The predicted octanol–water partition coefficient (Wildman–Crippen LogP) is 4.58. The van der Waals surface area contributed by atoms with E-state index >= 15 is 0 Å². The van der Waals surface area contributed by atoms with Gasteiger partial charge in [0.15, 0.2) is 11.7 Å². The molecule has 1 heterocycles. The molecule has 0 aliphatic rings. The molecule has 1 aromatic heterocycles. The van der Waals surface area contributed by atoms with Crippen LogP contribution < -0.4 is 14.4 Å². The maximum absolute atomic E-state index is 12.9. The van der Waals surface area contributed by atoms with Gasteiger partial charge in [0.1, 0.15) is 11.5 Å². The van der Waals surface area contributed by atoms with Crippen molar-refractivity contribution in [3.05, 3.63) is 59.5 Å². The van der Waals surface area contributed by atoms with Crippen LogP contribution in [-0.2, 0) is 9.53 Å². The number of anilines is 1. The molecule has 30 heavy (non-hydrogen) atoms. The molecule has 0 unspecified atom stereocenters. The number of benzene rings is 2. The molecule has 0 saturated heterocycles. The van der Waals surface area contributed by atoms with E-state index in [0.29, 0.717) is 30.5 Å². The second kappa shape index (κ2) is 10.8. The van der Waals surface area contributed by atoms with Crippen LogP contribution in [0.3, 0.4) is 0 Å². The van der Waals surface area contributed by atoms with Crippen molar-refractivity contribution in [1.82, 2.24) is 4.98 Å². The Kier molecular flexibility index (Phi) is 7.82. The molecule has 0 N–H and O–H groups in total. The number of aromatic nitrogens is 1. The topological polar surface area (TPSA) is 60.9 Å². The molecule has 0 bridgehead atoms. The standard InChI is InChI=1S/C23H26N2O4S/c1-17-5-9-20(10-6-17)29-15-22(26)25(13-4-14-27-2)23-24-21(16-30-23)18-7-11-19(28-3)12-8-18/h5-12,16H,4,13-15H2,1-3H3. The van der Waals surface area contributed by atoms with E-state index in [1.807, 2.05) is 60.8 Å². The van der Waals surface area contributed by atoms with E-state index in [4.69, 9.17) is 14.2 Å². The van der Waals surface area contributed by atoms with Gasteiger partial charge in [-0.15, -0.1) is 11.3 Å². The predicted molar refractivity (Wildman–Crippen MR) is 120 cm³/mol. The molecule has 0 fully saturated rings. The van der Waals surface area contributed by atoms with Gasteiger partial charge in [-0.3, -0.25) is 9.69 Å². The zero-order chi connectivity index (χ0) is 21.3. The summed E-state index contributed by atoms with van der Waals surface area (Å²) in [5, 5.41) is 2.60. The Bertz CT molecular complexity index is 939. The van der Waals surface area contributed by atoms with Crippen LogP contribution in [0.1, 0.15) is 12.0 Å². The maximum Gasteiger partial charge on any atom is 0.266 e. The summed E-state index contributed by atoms with van der Waals surface area (Å²) in [5.74, 6) is 1.32. The van der Waals surface area contributed by atoms with E-state index in [1.54, 1.807) is 19.1 Å². The molecule has 0 saturated carbocycles. The third-order valence-corrected chi connectivity index (χ3v) is 5.39. The number of hydrogen-bond acceptors (Lipinski definition) is 6. The number of hydrogen-bond donors (Lipinski definition) is 0. The minimum atomic E-state index is -0.137. The molecule has 158 valence electrons. The lowest BCUT2D eigenvalue weighted by Gasteiger charge is -2.20. The fraction of sp³-hybridized carbons (Fsp3) is 0.304. The van der Waals surface area contributed by atoms with Crippen LogP contribution in [0.5, 0.6) is 11.5 Å². The van der Waals surface area contributed by atoms with Gasteiger partial charge in [-0.05, 0) is 49.7 Å². The second-order valence-corrected chi connectivity index (χ2v) is 7.57. The first-order valence-corrected chi connectivity index (χ1v) is 10.6. The Balaban J connectivity index is 1.72. The van der Waals surface area contributed by atoms with Gasteiger partial charge in [0.25, 0.3) is 5.91 Å². The largest absolute Gasteiger partial charge is 0.497 e. The van der Waals surface area contributed by atoms with Gasteiger partial charge in [-0.2, -0.15) is 0 Å². The zero-order valence-corrected chi connectivity index (χ0v) is 18.3. The molecular weight excluding hydrogens is 400 g/mol. The van der Waals surface area contributed by atoms with Gasteiger partial charge in [-0.1, -0.05) is 17.7 Å². The summed E-state index contributed by atoms with van der Waals surface area (Å²) >= 11 is 1.44. The maximum atomic E-state index is 12.9. The Morgan fingerprint density at radius 2 is 1.73 bits per heavy atom. The molecule has 2 aromatic carbocycles. The van der Waals surface area contributed by atoms with Crippen molar-refractivity contribution < 1.29 is 19.0 Å². The monoisotopic (exact) mass is 426 g/mol. The quantitative estimate of drug-likeness (QED) is 0.444. The van der Waals surface area contributed by atoms with Crippen LogP contribution in [0, 0.1) is 6.92 Å². The lowest BCUT2D eigenvalue weighted by Crippen LogP contribution is -2.36. The minimum Gasteiger partial charge on any atom is -0.497 e. The summed E-state index contributed by atoms with van der Waals surface area (Å²) in [6, 6.07) is 15.3. The molecule has 3 rings (SSSR count). The zero-order valence-electron chi connectivity index (χ0n) is 17.5. The molecule has 7 heteroatoms. The van der Waals surface area contributed by atoms with Crippen molar-refractivity contribution >= 4 is 22.4 Å². The first-order chi connectivity index (χ1) is 14.6. The lowest BCUT2D eigenvalue weighted by molar-refractivity contribution is -0.120. The van der Waals surface area contributed by atoms with E-state index in [1.165, 1.54) is 11.3 Å². The fourth-order valence-corrected chi connectivity index (χ4v) is 3.71. The molecule has 1 amide bonds. The van der Waals surface area contributed by atoms with Crippen molar-refractivity contribution in [3.63, 3.8) is 0 Å². The van der Waals surface area contributed by atoms with E-state index in [0.717, 1.165) is 22.6 Å². The Hall–Kier alpha value is -2.90. The van der Waals surface area contributed by atoms with E-state index < -0.39 is 0 Å². The Morgan fingerprint density at radius 1 is 1.03 bits per heavy atom. The number of carbonyl (C=O) groups excluding carboxylic acids is 1. The highest BCUT2D eigenvalue weighted by Gasteiger charge is 2.20. The summed E-state index contributed by atoms with van der Waals surface area (Å²) < 4.78 is 16.0. The van der Waals surface area contributed by atoms with Crippen molar-refractivity contribution in [2.75, 3.05) is 38.9 Å². The molecule has 0 atom stereocenters. The summed E-state index contributed by atoms with van der Waals surface area (Å²) in [6.07, 6.45) is 0.713. The third kappa shape index (κ3) is 5.81. The van der Waals surface area contributed by atoms with Gasteiger partial charge in [-0.25, -0.2) is 4.98 Å². The van der Waals surface area contributed by atoms with Crippen LogP contribution in [0.2, 0.25) is 0 Å². The van der Waals surface area contributed by atoms with E-state index in [2.05, 4.69) is 4.98 Å². The number of rotatable bonds is 10. The Labute approximate surface area is 181 Å². The highest BCUT2D eigenvalue weighted by atomic mass is 32.1. The number of carbonyl (C=O) groups is 1. The molecule has 0 aliphatic carbocycles. The van der Waals surface area contributed by atoms with Gasteiger partial charge in [0.2, 0.25) is 0 Å². The highest BCUT2D eigenvalue weighted by molar-refractivity contribution is 7.14. The van der Waals surface area contributed by atoms with Gasteiger partial charge >= 0.3 is 0 Å². The highest BCUT2D eigenvalue weighted by Crippen LogP contribution is 2.29. The van der Waals surface area contributed by atoms with Crippen LogP contribution >= 0.6 is 11.3 Å². The molecule has 6 nitrogen and oxygen atoms in total. The number of amides is 1. The smallest absolute Gasteiger partial charge is 0.266 e. The second-order valence-electron chi connectivity index (χ2n) is 6.74. The van der Waals surface area contributed by atoms with E-state index in [9.17, 15) is 4.79 Å². The number of ether oxygens (including phenoxy) is 3. The molecule has 0 spiro atoms. The molecule has 3 aromatic rings. The SMILES string of the molecule is COCCCN(C(=O)COc1ccc(C)cc1)c1nc(-c2ccc(OC)cc2)cs1. The molecule has 0 radical (unpaired) electrons. The number of methoxy groups -OCH3 is 2. The van der Waals surface area contributed by atoms with Gasteiger partial charge in [0.05, 0.1) is 12.8 Å². The van der Waals surface area contributed by atoms with Crippen molar-refractivity contribution in [1.29, 1.82) is 0 Å². The lowest BCUT2D eigenvalue weighted by atomic mass is 10.2. The summed E-state index contributed by atoms with van der Waals surface area (Å²) in [5.41, 5.74) is 2.93. The normalized spacial score (nSPS) is 10.6. The van der Waals surface area contributed by atoms with Gasteiger partial charge < -0.3 is 14.2 Å².